The van der Waals surface area contributed by atoms with Crippen molar-refractivity contribution in [1.29, 1.82) is 0 Å². The number of hydrogen-bond donors (Lipinski definition) is 3. The summed E-state index contributed by atoms with van der Waals surface area (Å²) in [4.78, 5) is 36.8. The highest BCUT2D eigenvalue weighted by Gasteiger charge is 2.22. The van der Waals surface area contributed by atoms with Gasteiger partial charge in [-0.05, 0) is 24.1 Å². The zero-order chi connectivity index (χ0) is 19.8. The van der Waals surface area contributed by atoms with Crippen LogP contribution in [0, 0.1) is 0 Å². The van der Waals surface area contributed by atoms with Crippen LogP contribution in [0.2, 0.25) is 0 Å². The molecule has 0 radical (unpaired) electrons. The number of pyridine rings is 1. The summed E-state index contributed by atoms with van der Waals surface area (Å²) in [5.74, 6) is -2.58. The Kier molecular flexibility index (Phi) is 6.65. The topological polar surface area (TPSA) is 120 Å². The van der Waals surface area contributed by atoms with Crippen molar-refractivity contribution in [2.75, 3.05) is 16.8 Å². The third-order valence-electron chi connectivity index (χ3n) is 3.66. The summed E-state index contributed by atoms with van der Waals surface area (Å²) in [5.41, 5.74) is 4.28. The van der Waals surface area contributed by atoms with Crippen LogP contribution < -0.4 is 10.2 Å². The number of fused-ring (bicyclic) bond motifs is 1. The van der Waals surface area contributed by atoms with E-state index in [2.05, 4.69) is 33.4 Å². The first-order chi connectivity index (χ1) is 12.9. The number of benzene rings is 1. The van der Waals surface area contributed by atoms with E-state index in [0.717, 1.165) is 24.3 Å². The molecule has 0 saturated carbocycles. The van der Waals surface area contributed by atoms with Crippen molar-refractivity contribution >= 4 is 34.9 Å². The van der Waals surface area contributed by atoms with E-state index in [4.69, 9.17) is 10.2 Å². The Balaban J connectivity index is 0.000000279. The number of amides is 1. The molecule has 0 aliphatic carbocycles. The Morgan fingerprint density at radius 1 is 1.07 bits per heavy atom. The first kappa shape index (κ1) is 19.6. The van der Waals surface area contributed by atoms with Gasteiger partial charge < -0.3 is 20.4 Å². The minimum Gasteiger partial charge on any atom is -0.478 e. The van der Waals surface area contributed by atoms with Crippen LogP contribution in [0.5, 0.6) is 0 Å². The molecule has 1 aromatic heterocycles. The van der Waals surface area contributed by atoms with Crippen LogP contribution in [0.4, 0.5) is 17.1 Å². The van der Waals surface area contributed by atoms with Gasteiger partial charge in [0.25, 0.3) is 0 Å². The number of carbonyl (C=O) groups is 3. The Morgan fingerprint density at radius 3 is 2.37 bits per heavy atom. The third-order valence-corrected chi connectivity index (χ3v) is 3.66. The molecule has 2 aromatic rings. The fraction of sp³-hybridized carbons (Fsp3) is 0.158. The lowest BCUT2D eigenvalue weighted by atomic mass is 10.2. The molecule has 3 N–H and O–H groups in total. The summed E-state index contributed by atoms with van der Waals surface area (Å²) in [5, 5.41) is 18.5. The van der Waals surface area contributed by atoms with Crippen LogP contribution >= 0.6 is 0 Å². The SMILES string of the molecule is CC(=O)Nc1ccncc1N1CCc2ccccc21.O=C(O)/C=C\C(=O)O. The second-order valence-electron chi connectivity index (χ2n) is 5.61. The van der Waals surface area contributed by atoms with E-state index in [1.54, 1.807) is 12.4 Å². The molecule has 0 bridgehead atoms. The van der Waals surface area contributed by atoms with Gasteiger partial charge in [-0.3, -0.25) is 9.78 Å². The smallest absolute Gasteiger partial charge is 0.328 e. The molecule has 0 fully saturated rings. The van der Waals surface area contributed by atoms with E-state index >= 15 is 0 Å². The predicted octanol–water partition coefficient (Wildman–Crippen LogP) is 2.45. The van der Waals surface area contributed by atoms with Gasteiger partial charge in [0.15, 0.2) is 0 Å². The lowest BCUT2D eigenvalue weighted by Crippen LogP contribution is -2.17. The minimum absolute atomic E-state index is 0.0695. The number of carboxylic acids is 2. The normalized spacial score (nSPS) is 12.1. The van der Waals surface area contributed by atoms with Crippen LogP contribution in [0.1, 0.15) is 12.5 Å². The molecular weight excluding hydrogens is 350 g/mol. The van der Waals surface area contributed by atoms with Gasteiger partial charge in [0.1, 0.15) is 0 Å². The van der Waals surface area contributed by atoms with Crippen molar-refractivity contribution in [3.8, 4) is 0 Å². The van der Waals surface area contributed by atoms with E-state index in [0.29, 0.717) is 12.2 Å². The highest BCUT2D eigenvalue weighted by molar-refractivity contribution is 5.94. The fourth-order valence-electron chi connectivity index (χ4n) is 2.63. The molecule has 3 rings (SSSR count). The van der Waals surface area contributed by atoms with Crippen molar-refractivity contribution in [3.63, 3.8) is 0 Å². The van der Waals surface area contributed by atoms with E-state index in [1.807, 2.05) is 12.1 Å². The highest BCUT2D eigenvalue weighted by atomic mass is 16.4. The molecule has 8 nitrogen and oxygen atoms in total. The molecule has 0 atom stereocenters. The van der Waals surface area contributed by atoms with Crippen LogP contribution in [-0.2, 0) is 20.8 Å². The molecule has 27 heavy (non-hydrogen) atoms. The lowest BCUT2D eigenvalue weighted by molar-refractivity contribution is -0.134. The number of carboxylic acid groups (broad SMARTS) is 2. The summed E-state index contributed by atoms with van der Waals surface area (Å²) in [7, 11) is 0. The second-order valence-corrected chi connectivity index (χ2v) is 5.61. The molecule has 0 unspecified atom stereocenters. The average Bonchev–Trinajstić information content (AvgIpc) is 3.04. The van der Waals surface area contributed by atoms with Gasteiger partial charge in [-0.2, -0.15) is 0 Å². The Morgan fingerprint density at radius 2 is 1.74 bits per heavy atom. The number of para-hydroxylation sites is 1. The number of aliphatic carboxylic acids is 2. The van der Waals surface area contributed by atoms with Gasteiger partial charge in [-0.15, -0.1) is 0 Å². The molecule has 1 aliphatic heterocycles. The van der Waals surface area contributed by atoms with Crippen LogP contribution in [0.25, 0.3) is 0 Å². The monoisotopic (exact) mass is 369 g/mol. The number of anilines is 3. The number of nitrogens with one attached hydrogen (secondary N) is 1. The van der Waals surface area contributed by atoms with Crippen molar-refractivity contribution < 1.29 is 24.6 Å². The lowest BCUT2D eigenvalue weighted by Gasteiger charge is -2.22. The number of aromatic nitrogens is 1. The van der Waals surface area contributed by atoms with E-state index in [1.165, 1.54) is 18.2 Å². The Hall–Kier alpha value is -3.68. The molecule has 8 heteroatoms. The molecule has 0 spiro atoms. The van der Waals surface area contributed by atoms with E-state index in [-0.39, 0.29) is 5.91 Å². The molecule has 1 amide bonds. The fourth-order valence-corrected chi connectivity index (χ4v) is 2.63. The summed E-state index contributed by atoms with van der Waals surface area (Å²) >= 11 is 0. The minimum atomic E-state index is -1.26. The zero-order valence-electron chi connectivity index (χ0n) is 14.6. The molecular formula is C19H19N3O5. The quantitative estimate of drug-likeness (QED) is 0.708. The number of rotatable bonds is 4. The molecule has 0 saturated heterocycles. The van der Waals surface area contributed by atoms with Crippen molar-refractivity contribution in [2.24, 2.45) is 0 Å². The number of nitrogens with zero attached hydrogens (tertiary/aromatic N) is 2. The largest absolute Gasteiger partial charge is 0.478 e. The first-order valence-electron chi connectivity index (χ1n) is 8.09. The van der Waals surface area contributed by atoms with E-state index in [9.17, 15) is 14.4 Å². The van der Waals surface area contributed by atoms with Crippen LogP contribution in [-0.4, -0.2) is 39.6 Å². The van der Waals surface area contributed by atoms with Crippen molar-refractivity contribution in [1.82, 2.24) is 4.98 Å². The van der Waals surface area contributed by atoms with Gasteiger partial charge in [-0.25, -0.2) is 9.59 Å². The maximum Gasteiger partial charge on any atom is 0.328 e. The standard InChI is InChI=1S/C15H15N3O.C4H4O4/c1-11(19)17-13-6-8-16-10-15(13)18-9-7-12-4-2-3-5-14(12)18;5-3(6)1-2-4(7)8/h2-6,8,10H,7,9H2,1H3,(H,16,17,19);1-2H,(H,5,6)(H,7,8)/b;2-1-. The van der Waals surface area contributed by atoms with Crippen molar-refractivity contribution in [2.45, 2.75) is 13.3 Å². The number of hydrogen-bond acceptors (Lipinski definition) is 5. The average molecular weight is 369 g/mol. The Labute approximate surface area is 155 Å². The molecule has 1 aliphatic rings. The maximum absolute atomic E-state index is 11.3. The number of carbonyl (C=O) groups excluding carboxylic acids is 1. The van der Waals surface area contributed by atoms with Crippen LogP contribution in [0.3, 0.4) is 0 Å². The predicted molar refractivity (Wildman–Crippen MR) is 100 cm³/mol. The first-order valence-corrected chi connectivity index (χ1v) is 8.09. The van der Waals surface area contributed by atoms with Gasteiger partial charge in [0.05, 0.1) is 17.6 Å². The maximum atomic E-state index is 11.3. The van der Waals surface area contributed by atoms with Gasteiger partial charge >= 0.3 is 11.9 Å². The van der Waals surface area contributed by atoms with Gasteiger partial charge in [0.2, 0.25) is 5.91 Å². The van der Waals surface area contributed by atoms with Gasteiger partial charge in [-0.1, -0.05) is 18.2 Å². The van der Waals surface area contributed by atoms with Crippen molar-refractivity contribution in [3.05, 3.63) is 60.4 Å². The summed E-state index contributed by atoms with van der Waals surface area (Å²) in [6.07, 6.45) is 5.62. The molecule has 2 heterocycles. The highest BCUT2D eigenvalue weighted by Crippen LogP contribution is 2.37. The Bertz CT molecular complexity index is 863. The molecule has 1 aromatic carbocycles. The summed E-state index contributed by atoms with van der Waals surface area (Å²) < 4.78 is 0. The molecule has 140 valence electrons. The van der Waals surface area contributed by atoms with Crippen LogP contribution in [0.15, 0.2) is 54.9 Å². The summed E-state index contributed by atoms with van der Waals surface area (Å²) in [6, 6.07) is 10.2. The zero-order valence-corrected chi connectivity index (χ0v) is 14.6. The van der Waals surface area contributed by atoms with E-state index < -0.39 is 11.9 Å². The second kappa shape index (κ2) is 9.14. The third kappa shape index (κ3) is 5.67. The summed E-state index contributed by atoms with van der Waals surface area (Å²) in [6.45, 7) is 2.43. The van der Waals surface area contributed by atoms with Gasteiger partial charge in [0, 0.05) is 37.5 Å².